The van der Waals surface area contributed by atoms with Gasteiger partial charge < -0.3 is 5.32 Å². The Hall–Kier alpha value is -1.42. The monoisotopic (exact) mass is 291 g/mol. The first kappa shape index (κ1) is 12.0. The van der Waals surface area contributed by atoms with E-state index >= 15 is 0 Å². The Kier molecular flexibility index (Phi) is 3.74. The minimum absolute atomic E-state index is 0.740. The second-order valence-corrected chi connectivity index (χ2v) is 4.64. The van der Waals surface area contributed by atoms with Crippen molar-refractivity contribution in [2.24, 2.45) is 0 Å². The molecule has 1 N–H and O–H groups in total. The largest absolute Gasteiger partial charge is 0.369 e. The van der Waals surface area contributed by atoms with E-state index in [1.807, 2.05) is 19.1 Å². The first-order chi connectivity index (χ1) is 8.20. The quantitative estimate of drug-likeness (QED) is 0.938. The van der Waals surface area contributed by atoms with Crippen LogP contribution in [0.1, 0.15) is 12.5 Å². The highest BCUT2D eigenvalue weighted by atomic mass is 79.9. The zero-order valence-electron chi connectivity index (χ0n) is 9.87. The van der Waals surface area contributed by atoms with E-state index in [0.717, 1.165) is 28.2 Å². The van der Waals surface area contributed by atoms with Crippen LogP contribution in [0, 0.1) is 6.92 Å². The summed E-state index contributed by atoms with van der Waals surface area (Å²) in [6, 6.07) is 8.20. The van der Waals surface area contributed by atoms with Crippen molar-refractivity contribution in [3.63, 3.8) is 0 Å². The van der Waals surface area contributed by atoms with Gasteiger partial charge in [-0.3, -0.25) is 0 Å². The van der Waals surface area contributed by atoms with E-state index in [1.54, 1.807) is 6.20 Å². The van der Waals surface area contributed by atoms with Crippen LogP contribution in [0.3, 0.4) is 0 Å². The van der Waals surface area contributed by atoms with Crippen LogP contribution in [0.25, 0.3) is 11.4 Å². The minimum Gasteiger partial charge on any atom is -0.369 e. The van der Waals surface area contributed by atoms with Crippen LogP contribution in [-0.4, -0.2) is 16.5 Å². The summed E-state index contributed by atoms with van der Waals surface area (Å²) in [5.74, 6) is 1.57. The average molecular weight is 292 g/mol. The topological polar surface area (TPSA) is 37.8 Å². The fourth-order valence-corrected chi connectivity index (χ4v) is 1.83. The molecule has 0 spiro atoms. The smallest absolute Gasteiger partial charge is 0.161 e. The van der Waals surface area contributed by atoms with Gasteiger partial charge in [0, 0.05) is 18.3 Å². The molecule has 1 aromatic carbocycles. The summed E-state index contributed by atoms with van der Waals surface area (Å²) in [6.45, 7) is 4.94. The zero-order valence-corrected chi connectivity index (χ0v) is 11.5. The van der Waals surface area contributed by atoms with Gasteiger partial charge in [0.2, 0.25) is 0 Å². The maximum atomic E-state index is 4.49. The van der Waals surface area contributed by atoms with E-state index < -0.39 is 0 Å². The molecular formula is C13H14BrN3. The lowest BCUT2D eigenvalue weighted by Gasteiger charge is -2.07. The van der Waals surface area contributed by atoms with Crippen LogP contribution >= 0.6 is 15.9 Å². The summed E-state index contributed by atoms with van der Waals surface area (Å²) < 4.78 is 0.884. The molecule has 0 fully saturated rings. The molecule has 88 valence electrons. The molecule has 0 aliphatic rings. The lowest BCUT2D eigenvalue weighted by atomic mass is 10.1. The predicted molar refractivity (Wildman–Crippen MR) is 74.1 cm³/mol. The van der Waals surface area contributed by atoms with Gasteiger partial charge in [0.05, 0.1) is 4.47 Å². The number of hydrogen-bond donors (Lipinski definition) is 1. The highest BCUT2D eigenvalue weighted by Gasteiger charge is 2.05. The Balaban J connectivity index is 2.39. The van der Waals surface area contributed by atoms with Crippen molar-refractivity contribution in [3.8, 4) is 11.4 Å². The SMILES string of the molecule is CCNc1nc(-c2ccc(C)cc2)ncc1Br. The van der Waals surface area contributed by atoms with E-state index in [0.29, 0.717) is 0 Å². The Morgan fingerprint density at radius 3 is 2.59 bits per heavy atom. The van der Waals surface area contributed by atoms with Crippen molar-refractivity contribution in [1.82, 2.24) is 9.97 Å². The minimum atomic E-state index is 0.740. The summed E-state index contributed by atoms with van der Waals surface area (Å²) >= 11 is 3.43. The summed E-state index contributed by atoms with van der Waals surface area (Å²) in [6.07, 6.45) is 1.78. The van der Waals surface area contributed by atoms with Crippen LogP contribution in [0.2, 0.25) is 0 Å². The molecule has 3 nitrogen and oxygen atoms in total. The molecule has 2 aromatic rings. The van der Waals surface area contributed by atoms with Crippen molar-refractivity contribution < 1.29 is 0 Å². The molecule has 0 atom stereocenters. The van der Waals surface area contributed by atoms with Crippen LogP contribution in [-0.2, 0) is 0 Å². The van der Waals surface area contributed by atoms with Crippen LogP contribution in [0.5, 0.6) is 0 Å². The van der Waals surface area contributed by atoms with E-state index in [4.69, 9.17) is 0 Å². The number of halogens is 1. The number of aryl methyl sites for hydroxylation is 1. The Morgan fingerprint density at radius 2 is 1.94 bits per heavy atom. The molecule has 0 saturated heterocycles. The maximum absolute atomic E-state index is 4.49. The van der Waals surface area contributed by atoms with Crippen molar-refractivity contribution >= 4 is 21.7 Å². The van der Waals surface area contributed by atoms with Gasteiger partial charge in [-0.15, -0.1) is 0 Å². The number of nitrogens with one attached hydrogen (secondary N) is 1. The first-order valence-corrected chi connectivity index (χ1v) is 6.33. The fraction of sp³-hybridized carbons (Fsp3) is 0.231. The average Bonchev–Trinajstić information content (AvgIpc) is 2.33. The standard InChI is InChI=1S/C13H14BrN3/c1-3-15-13-11(14)8-16-12(17-13)10-6-4-9(2)5-7-10/h4-8H,3H2,1-2H3,(H,15,16,17). The molecule has 1 heterocycles. The Bertz CT molecular complexity index is 509. The fourth-order valence-electron chi connectivity index (χ4n) is 1.50. The third-order valence-electron chi connectivity index (χ3n) is 2.40. The zero-order chi connectivity index (χ0) is 12.3. The molecule has 0 radical (unpaired) electrons. The van der Waals surface area contributed by atoms with E-state index in [2.05, 4.69) is 50.3 Å². The molecule has 0 saturated carbocycles. The molecule has 0 bridgehead atoms. The second-order valence-electron chi connectivity index (χ2n) is 3.79. The van der Waals surface area contributed by atoms with Gasteiger partial charge in [-0.2, -0.15) is 0 Å². The summed E-state index contributed by atoms with van der Waals surface area (Å²) in [4.78, 5) is 8.82. The van der Waals surface area contributed by atoms with Crippen molar-refractivity contribution in [2.45, 2.75) is 13.8 Å². The van der Waals surface area contributed by atoms with Crippen LogP contribution in [0.15, 0.2) is 34.9 Å². The van der Waals surface area contributed by atoms with E-state index in [-0.39, 0.29) is 0 Å². The molecule has 1 aromatic heterocycles. The van der Waals surface area contributed by atoms with Gasteiger partial charge >= 0.3 is 0 Å². The number of nitrogens with zero attached hydrogens (tertiary/aromatic N) is 2. The summed E-state index contributed by atoms with van der Waals surface area (Å²) in [5, 5.41) is 3.20. The highest BCUT2D eigenvalue weighted by molar-refractivity contribution is 9.10. The molecule has 0 aliphatic carbocycles. The molecule has 0 unspecified atom stereocenters. The molecule has 17 heavy (non-hydrogen) atoms. The second kappa shape index (κ2) is 5.27. The van der Waals surface area contributed by atoms with Crippen LogP contribution in [0.4, 0.5) is 5.82 Å². The first-order valence-electron chi connectivity index (χ1n) is 5.54. The molecule has 0 aliphatic heterocycles. The van der Waals surface area contributed by atoms with Gasteiger partial charge in [-0.25, -0.2) is 9.97 Å². The van der Waals surface area contributed by atoms with E-state index in [1.165, 1.54) is 5.56 Å². The van der Waals surface area contributed by atoms with Crippen molar-refractivity contribution in [3.05, 3.63) is 40.5 Å². The molecule has 0 amide bonds. The van der Waals surface area contributed by atoms with E-state index in [9.17, 15) is 0 Å². The van der Waals surface area contributed by atoms with Gasteiger partial charge in [-0.05, 0) is 29.8 Å². The number of rotatable bonds is 3. The number of anilines is 1. The van der Waals surface area contributed by atoms with Gasteiger partial charge in [0.25, 0.3) is 0 Å². The number of aromatic nitrogens is 2. The molecular weight excluding hydrogens is 278 g/mol. The third kappa shape index (κ3) is 2.82. The Morgan fingerprint density at radius 1 is 1.24 bits per heavy atom. The molecule has 4 heteroatoms. The van der Waals surface area contributed by atoms with Gasteiger partial charge in [0.15, 0.2) is 5.82 Å². The highest BCUT2D eigenvalue weighted by Crippen LogP contribution is 2.23. The van der Waals surface area contributed by atoms with Crippen LogP contribution < -0.4 is 5.32 Å². The van der Waals surface area contributed by atoms with Gasteiger partial charge in [0.1, 0.15) is 5.82 Å². The maximum Gasteiger partial charge on any atom is 0.161 e. The summed E-state index contributed by atoms with van der Waals surface area (Å²) in [5.41, 5.74) is 2.26. The van der Waals surface area contributed by atoms with Crippen molar-refractivity contribution in [2.75, 3.05) is 11.9 Å². The van der Waals surface area contributed by atoms with Crippen molar-refractivity contribution in [1.29, 1.82) is 0 Å². The normalized spacial score (nSPS) is 10.3. The number of hydrogen-bond acceptors (Lipinski definition) is 3. The summed E-state index contributed by atoms with van der Waals surface area (Å²) in [7, 11) is 0. The molecule has 2 rings (SSSR count). The lowest BCUT2D eigenvalue weighted by molar-refractivity contribution is 1.10. The third-order valence-corrected chi connectivity index (χ3v) is 2.98. The number of benzene rings is 1. The Labute approximate surface area is 109 Å². The van der Waals surface area contributed by atoms with Gasteiger partial charge in [-0.1, -0.05) is 29.8 Å². The predicted octanol–water partition coefficient (Wildman–Crippen LogP) is 3.65. The lowest BCUT2D eigenvalue weighted by Crippen LogP contribution is -2.02.